The van der Waals surface area contributed by atoms with Gasteiger partial charge in [0.15, 0.2) is 0 Å². The van der Waals surface area contributed by atoms with Crippen LogP contribution in [0.15, 0.2) is 24.3 Å². The quantitative estimate of drug-likeness (QED) is 0.876. The normalized spacial score (nSPS) is 13.9. The van der Waals surface area contributed by atoms with Crippen LogP contribution in [0.2, 0.25) is 0 Å². The molecular weight excluding hydrogens is 234 g/mol. The summed E-state index contributed by atoms with van der Waals surface area (Å²) in [5.41, 5.74) is 2.28. The fourth-order valence-corrected chi connectivity index (χ4v) is 2.73. The van der Waals surface area contributed by atoms with Crippen LogP contribution in [0.3, 0.4) is 0 Å². The van der Waals surface area contributed by atoms with E-state index in [1.807, 2.05) is 12.1 Å². The standard InChI is InChI=1S/C13H21NO2S/c1-10(2)11-5-7-12(8-6-11)13(14-3)9-17(4,15)16/h5-8,10,13-14H,9H2,1-4H3. The zero-order chi connectivity index (χ0) is 13.1. The number of hydrogen-bond acceptors (Lipinski definition) is 3. The maximum Gasteiger partial charge on any atom is 0.149 e. The van der Waals surface area contributed by atoms with Crippen molar-refractivity contribution in [3.63, 3.8) is 0 Å². The monoisotopic (exact) mass is 255 g/mol. The molecule has 1 aromatic carbocycles. The average Bonchev–Trinajstić information content (AvgIpc) is 2.25. The van der Waals surface area contributed by atoms with Crippen LogP contribution in [-0.4, -0.2) is 27.5 Å². The molecule has 0 saturated carbocycles. The molecule has 0 fully saturated rings. The highest BCUT2D eigenvalue weighted by molar-refractivity contribution is 7.90. The molecule has 0 aliphatic heterocycles. The van der Waals surface area contributed by atoms with E-state index in [2.05, 4.69) is 31.3 Å². The van der Waals surface area contributed by atoms with Crippen LogP contribution in [0.4, 0.5) is 0 Å². The summed E-state index contributed by atoms with van der Waals surface area (Å²) >= 11 is 0. The lowest BCUT2D eigenvalue weighted by Gasteiger charge is -2.16. The van der Waals surface area contributed by atoms with Crippen molar-refractivity contribution in [1.82, 2.24) is 5.32 Å². The summed E-state index contributed by atoms with van der Waals surface area (Å²) in [5.74, 6) is 0.622. The second-order valence-electron chi connectivity index (χ2n) is 4.76. The Morgan fingerprint density at radius 2 is 1.59 bits per heavy atom. The van der Waals surface area contributed by atoms with Gasteiger partial charge in [-0.3, -0.25) is 0 Å². The maximum atomic E-state index is 11.3. The summed E-state index contributed by atoms with van der Waals surface area (Å²) in [6.07, 6.45) is 1.26. The number of nitrogens with one attached hydrogen (secondary N) is 1. The largest absolute Gasteiger partial charge is 0.312 e. The Hall–Kier alpha value is -0.870. The van der Waals surface area contributed by atoms with Crippen LogP contribution in [-0.2, 0) is 9.84 Å². The molecule has 1 atom stereocenters. The number of benzene rings is 1. The molecule has 0 amide bonds. The molecule has 0 radical (unpaired) electrons. The summed E-state index contributed by atoms with van der Waals surface area (Å²) in [6, 6.07) is 7.99. The van der Waals surface area contributed by atoms with Gasteiger partial charge >= 0.3 is 0 Å². The first-order chi connectivity index (χ1) is 7.83. The Labute approximate surface area is 104 Å². The Bertz CT molecular complexity index is 449. The van der Waals surface area contributed by atoms with Crippen molar-refractivity contribution in [3.8, 4) is 0 Å². The van der Waals surface area contributed by atoms with Crippen molar-refractivity contribution in [3.05, 3.63) is 35.4 Å². The molecule has 0 aliphatic carbocycles. The van der Waals surface area contributed by atoms with Crippen molar-refractivity contribution in [2.75, 3.05) is 19.1 Å². The van der Waals surface area contributed by atoms with E-state index in [1.54, 1.807) is 7.05 Å². The van der Waals surface area contributed by atoms with Crippen LogP contribution in [0.1, 0.15) is 36.9 Å². The molecule has 1 unspecified atom stereocenters. The van der Waals surface area contributed by atoms with Gasteiger partial charge in [0, 0.05) is 12.3 Å². The molecule has 1 aromatic rings. The predicted molar refractivity (Wildman–Crippen MR) is 72.0 cm³/mol. The first-order valence-electron chi connectivity index (χ1n) is 5.78. The highest BCUT2D eigenvalue weighted by Crippen LogP contribution is 2.19. The van der Waals surface area contributed by atoms with Crippen LogP contribution in [0.25, 0.3) is 0 Å². The van der Waals surface area contributed by atoms with E-state index in [-0.39, 0.29) is 11.8 Å². The molecule has 3 nitrogen and oxygen atoms in total. The number of sulfone groups is 1. The Morgan fingerprint density at radius 1 is 1.12 bits per heavy atom. The van der Waals surface area contributed by atoms with Gasteiger partial charge in [-0.2, -0.15) is 0 Å². The summed E-state index contributed by atoms with van der Waals surface area (Å²) < 4.78 is 22.6. The van der Waals surface area contributed by atoms with E-state index in [4.69, 9.17) is 0 Å². The van der Waals surface area contributed by atoms with Crippen molar-refractivity contribution in [2.45, 2.75) is 25.8 Å². The Balaban J connectivity index is 2.90. The second kappa shape index (κ2) is 5.65. The molecule has 1 rings (SSSR count). The van der Waals surface area contributed by atoms with Gasteiger partial charge in [-0.25, -0.2) is 8.42 Å². The molecular formula is C13H21NO2S. The summed E-state index contributed by atoms with van der Waals surface area (Å²) in [7, 11) is -1.19. The molecule has 0 aromatic heterocycles. The lowest BCUT2D eigenvalue weighted by molar-refractivity contribution is 0.579. The highest BCUT2D eigenvalue weighted by atomic mass is 32.2. The summed E-state index contributed by atoms with van der Waals surface area (Å²) in [6.45, 7) is 4.28. The minimum Gasteiger partial charge on any atom is -0.312 e. The van der Waals surface area contributed by atoms with Gasteiger partial charge in [-0.05, 0) is 24.1 Å². The average molecular weight is 255 g/mol. The third-order valence-electron chi connectivity index (χ3n) is 2.82. The summed E-state index contributed by atoms with van der Waals surface area (Å²) in [5, 5.41) is 3.04. The van der Waals surface area contributed by atoms with Gasteiger partial charge in [-0.15, -0.1) is 0 Å². The second-order valence-corrected chi connectivity index (χ2v) is 6.94. The Kier molecular flexibility index (Phi) is 4.71. The van der Waals surface area contributed by atoms with E-state index >= 15 is 0 Å². The molecule has 96 valence electrons. The molecule has 1 N–H and O–H groups in total. The zero-order valence-electron chi connectivity index (χ0n) is 10.9. The molecule has 0 heterocycles. The topological polar surface area (TPSA) is 46.2 Å². The van der Waals surface area contributed by atoms with Crippen molar-refractivity contribution in [1.29, 1.82) is 0 Å². The van der Waals surface area contributed by atoms with E-state index in [9.17, 15) is 8.42 Å². The van der Waals surface area contributed by atoms with Crippen molar-refractivity contribution >= 4 is 9.84 Å². The lowest BCUT2D eigenvalue weighted by Crippen LogP contribution is -2.24. The molecule has 0 saturated heterocycles. The lowest BCUT2D eigenvalue weighted by atomic mass is 10.00. The highest BCUT2D eigenvalue weighted by Gasteiger charge is 2.15. The molecule has 17 heavy (non-hydrogen) atoms. The molecule has 0 spiro atoms. The van der Waals surface area contributed by atoms with Crippen LogP contribution >= 0.6 is 0 Å². The van der Waals surface area contributed by atoms with E-state index in [0.717, 1.165) is 5.56 Å². The van der Waals surface area contributed by atoms with Crippen molar-refractivity contribution in [2.24, 2.45) is 0 Å². The smallest absolute Gasteiger partial charge is 0.149 e. The number of hydrogen-bond donors (Lipinski definition) is 1. The fourth-order valence-electron chi connectivity index (χ4n) is 1.76. The Morgan fingerprint density at radius 3 is 1.94 bits per heavy atom. The maximum absolute atomic E-state index is 11.3. The first-order valence-corrected chi connectivity index (χ1v) is 7.84. The van der Waals surface area contributed by atoms with Crippen LogP contribution in [0, 0.1) is 0 Å². The minimum atomic E-state index is -2.97. The van der Waals surface area contributed by atoms with Gasteiger partial charge in [0.05, 0.1) is 5.75 Å². The van der Waals surface area contributed by atoms with Gasteiger partial charge in [0.2, 0.25) is 0 Å². The van der Waals surface area contributed by atoms with E-state index in [0.29, 0.717) is 5.92 Å². The zero-order valence-corrected chi connectivity index (χ0v) is 11.7. The van der Waals surface area contributed by atoms with Gasteiger partial charge in [0.1, 0.15) is 9.84 Å². The van der Waals surface area contributed by atoms with Crippen LogP contribution < -0.4 is 5.32 Å². The number of rotatable bonds is 5. The third kappa shape index (κ3) is 4.48. The first kappa shape index (κ1) is 14.2. The minimum absolute atomic E-state index is 0.129. The molecule has 0 bridgehead atoms. The predicted octanol–water partition coefficient (Wildman–Crippen LogP) is 2.12. The SMILES string of the molecule is CNC(CS(C)(=O)=O)c1ccc(C(C)C)cc1. The van der Waals surface area contributed by atoms with Crippen LogP contribution in [0.5, 0.6) is 0 Å². The van der Waals surface area contributed by atoms with Gasteiger partial charge in [0.25, 0.3) is 0 Å². The van der Waals surface area contributed by atoms with Crippen molar-refractivity contribution < 1.29 is 8.42 Å². The molecule has 4 heteroatoms. The van der Waals surface area contributed by atoms with E-state index in [1.165, 1.54) is 11.8 Å². The van der Waals surface area contributed by atoms with Gasteiger partial charge < -0.3 is 5.32 Å². The fraction of sp³-hybridized carbons (Fsp3) is 0.538. The van der Waals surface area contributed by atoms with E-state index < -0.39 is 9.84 Å². The molecule has 0 aliphatic rings. The third-order valence-corrected chi connectivity index (χ3v) is 3.76. The summed E-state index contributed by atoms with van der Waals surface area (Å²) in [4.78, 5) is 0. The van der Waals surface area contributed by atoms with Gasteiger partial charge in [-0.1, -0.05) is 38.1 Å².